The Balaban J connectivity index is 1.71. The number of rotatable bonds is 2. The van der Waals surface area contributed by atoms with E-state index in [1.54, 1.807) is 0 Å². The van der Waals surface area contributed by atoms with Crippen LogP contribution in [0.5, 0.6) is 0 Å². The fourth-order valence-electron chi connectivity index (χ4n) is 2.56. The van der Waals surface area contributed by atoms with Crippen molar-refractivity contribution in [1.82, 2.24) is 0 Å². The summed E-state index contributed by atoms with van der Waals surface area (Å²) in [6.45, 7) is 0. The first-order valence-corrected chi connectivity index (χ1v) is 9.17. The number of benzene rings is 4. The van der Waals surface area contributed by atoms with E-state index in [1.165, 1.54) is 28.7 Å². The summed E-state index contributed by atoms with van der Waals surface area (Å²) >= 11 is -0.121. The van der Waals surface area contributed by atoms with E-state index in [9.17, 15) is 0 Å². The van der Waals surface area contributed by atoms with Gasteiger partial charge in [-0.3, -0.25) is 0 Å². The molecule has 0 aliphatic carbocycles. The molecule has 0 saturated heterocycles. The first-order valence-electron chi connectivity index (χ1n) is 7.01. The van der Waals surface area contributed by atoms with Crippen LogP contribution >= 0.6 is 0 Å². The van der Waals surface area contributed by atoms with Crippen LogP contribution in [0, 0.1) is 7.14 Å². The van der Waals surface area contributed by atoms with Gasteiger partial charge in [-0.15, -0.1) is 0 Å². The molecule has 0 aromatic heterocycles. The van der Waals surface area contributed by atoms with Gasteiger partial charge in [-0.05, 0) is 0 Å². The van der Waals surface area contributed by atoms with Gasteiger partial charge in [0.25, 0.3) is 0 Å². The average Bonchev–Trinajstić information content (AvgIpc) is 2.55. The SMILES string of the molecule is c1ccc2cc([I-]c3ccc4ccccc4c3)ccc2c1. The molecule has 0 bridgehead atoms. The van der Waals surface area contributed by atoms with E-state index in [-0.39, 0.29) is 21.2 Å². The van der Waals surface area contributed by atoms with Gasteiger partial charge >= 0.3 is 135 Å². The Bertz CT molecular complexity index is 847. The maximum atomic E-state index is 2.35. The van der Waals surface area contributed by atoms with Crippen molar-refractivity contribution >= 4 is 21.5 Å². The van der Waals surface area contributed by atoms with Crippen LogP contribution in [-0.2, 0) is 0 Å². The molecule has 0 fully saturated rings. The van der Waals surface area contributed by atoms with Crippen LogP contribution in [0.15, 0.2) is 84.9 Å². The Kier molecular flexibility index (Phi) is 3.36. The van der Waals surface area contributed by atoms with Crippen LogP contribution in [0.3, 0.4) is 0 Å². The summed E-state index contributed by atoms with van der Waals surface area (Å²) in [6.07, 6.45) is 0. The van der Waals surface area contributed by atoms with E-state index >= 15 is 0 Å². The van der Waals surface area contributed by atoms with Gasteiger partial charge in [-0.1, -0.05) is 0 Å². The molecule has 4 aromatic rings. The maximum absolute atomic E-state index is 2.35. The summed E-state index contributed by atoms with van der Waals surface area (Å²) in [4.78, 5) is 0. The van der Waals surface area contributed by atoms with Crippen LogP contribution in [0.1, 0.15) is 0 Å². The molecule has 0 heterocycles. The van der Waals surface area contributed by atoms with Crippen molar-refractivity contribution in [2.24, 2.45) is 0 Å². The van der Waals surface area contributed by atoms with E-state index < -0.39 is 0 Å². The van der Waals surface area contributed by atoms with Gasteiger partial charge in [-0.2, -0.15) is 0 Å². The summed E-state index contributed by atoms with van der Waals surface area (Å²) in [5.74, 6) is 0. The zero-order valence-electron chi connectivity index (χ0n) is 11.5. The zero-order chi connectivity index (χ0) is 14.1. The first kappa shape index (κ1) is 12.8. The number of fused-ring (bicyclic) bond motifs is 2. The minimum absolute atomic E-state index is 0.121. The third-order valence-corrected chi connectivity index (χ3v) is 6.23. The van der Waals surface area contributed by atoms with Crippen molar-refractivity contribution in [3.63, 3.8) is 0 Å². The molecule has 0 nitrogen and oxygen atoms in total. The van der Waals surface area contributed by atoms with Crippen molar-refractivity contribution in [1.29, 1.82) is 0 Å². The molecule has 1 heteroatoms. The van der Waals surface area contributed by atoms with E-state index in [2.05, 4.69) is 84.9 Å². The van der Waals surface area contributed by atoms with E-state index in [4.69, 9.17) is 0 Å². The Labute approximate surface area is 134 Å². The van der Waals surface area contributed by atoms with Crippen molar-refractivity contribution in [2.75, 3.05) is 0 Å². The van der Waals surface area contributed by atoms with Crippen molar-refractivity contribution < 1.29 is 21.2 Å². The summed E-state index contributed by atoms with van der Waals surface area (Å²) in [6, 6.07) is 30.9. The van der Waals surface area contributed by atoms with Gasteiger partial charge in [0.15, 0.2) is 0 Å². The van der Waals surface area contributed by atoms with Crippen LogP contribution in [0.4, 0.5) is 0 Å². The van der Waals surface area contributed by atoms with Crippen molar-refractivity contribution in [3.8, 4) is 0 Å². The normalized spacial score (nSPS) is 11.2. The summed E-state index contributed by atoms with van der Waals surface area (Å²) < 4.78 is 2.95. The van der Waals surface area contributed by atoms with Gasteiger partial charge in [0, 0.05) is 0 Å². The summed E-state index contributed by atoms with van der Waals surface area (Å²) in [5, 5.41) is 5.33. The molecular formula is C20H14I-. The summed E-state index contributed by atoms with van der Waals surface area (Å²) in [5.41, 5.74) is 0. The fourth-order valence-corrected chi connectivity index (χ4v) is 4.98. The second-order valence-corrected chi connectivity index (χ2v) is 8.11. The second kappa shape index (κ2) is 5.49. The van der Waals surface area contributed by atoms with Gasteiger partial charge < -0.3 is 0 Å². The van der Waals surface area contributed by atoms with Crippen LogP contribution in [-0.4, -0.2) is 0 Å². The third-order valence-electron chi connectivity index (χ3n) is 3.64. The molecule has 0 unspecified atom stereocenters. The molecule has 0 N–H and O–H groups in total. The van der Waals surface area contributed by atoms with Crippen molar-refractivity contribution in [2.45, 2.75) is 0 Å². The van der Waals surface area contributed by atoms with Gasteiger partial charge in [-0.25, -0.2) is 0 Å². The molecule has 0 saturated carbocycles. The first-order chi connectivity index (χ1) is 10.4. The molecule has 0 amide bonds. The van der Waals surface area contributed by atoms with Gasteiger partial charge in [0.1, 0.15) is 0 Å². The molecule has 0 aliphatic heterocycles. The molecular weight excluding hydrogens is 367 g/mol. The molecule has 21 heavy (non-hydrogen) atoms. The second-order valence-electron chi connectivity index (χ2n) is 5.08. The Morgan fingerprint density at radius 1 is 0.429 bits per heavy atom. The molecule has 0 atom stereocenters. The molecule has 4 rings (SSSR count). The molecule has 4 aromatic carbocycles. The number of halogens is 1. The van der Waals surface area contributed by atoms with E-state index in [0.29, 0.717) is 0 Å². The van der Waals surface area contributed by atoms with Crippen LogP contribution in [0.2, 0.25) is 0 Å². The molecule has 102 valence electrons. The Hall–Kier alpha value is -1.87. The van der Waals surface area contributed by atoms with Gasteiger partial charge in [0.05, 0.1) is 0 Å². The Morgan fingerprint density at radius 2 is 0.857 bits per heavy atom. The van der Waals surface area contributed by atoms with Crippen molar-refractivity contribution in [3.05, 3.63) is 92.1 Å². The predicted octanol–water partition coefficient (Wildman–Crippen LogP) is 2.12. The number of hydrogen-bond donors (Lipinski definition) is 0. The quantitative estimate of drug-likeness (QED) is 0.467. The summed E-state index contributed by atoms with van der Waals surface area (Å²) in [7, 11) is 0. The predicted molar refractivity (Wildman–Crippen MR) is 85.3 cm³/mol. The topological polar surface area (TPSA) is 0 Å². The zero-order valence-corrected chi connectivity index (χ0v) is 13.6. The van der Waals surface area contributed by atoms with Crippen LogP contribution < -0.4 is 21.2 Å². The third kappa shape index (κ3) is 2.66. The fraction of sp³-hybridized carbons (Fsp3) is 0. The molecule has 0 aliphatic rings. The standard InChI is InChI=1S/C20H14I/c1-3-7-17-13-19(11-9-15(17)5-1)21-20-12-10-16-6-2-4-8-18(16)14-20/h1-14H/q-1. The van der Waals surface area contributed by atoms with Crippen LogP contribution in [0.25, 0.3) is 21.5 Å². The Morgan fingerprint density at radius 3 is 1.33 bits per heavy atom. The molecule has 0 radical (unpaired) electrons. The average molecular weight is 381 g/mol. The monoisotopic (exact) mass is 381 g/mol. The van der Waals surface area contributed by atoms with Gasteiger partial charge in [0.2, 0.25) is 0 Å². The van der Waals surface area contributed by atoms with E-state index in [1.807, 2.05) is 0 Å². The minimum atomic E-state index is -0.121. The number of hydrogen-bond acceptors (Lipinski definition) is 0. The molecule has 0 spiro atoms. The van der Waals surface area contributed by atoms with E-state index in [0.717, 1.165) is 0 Å².